The summed E-state index contributed by atoms with van der Waals surface area (Å²) in [5.41, 5.74) is 1.34. The van der Waals surface area contributed by atoms with E-state index in [1.165, 1.54) is 0 Å². The molecule has 0 aliphatic heterocycles. The van der Waals surface area contributed by atoms with Gasteiger partial charge >= 0.3 is 0 Å². The lowest BCUT2D eigenvalue weighted by Gasteiger charge is -2.30. The van der Waals surface area contributed by atoms with E-state index in [9.17, 15) is 13.2 Å². The number of rotatable bonds is 7. The van der Waals surface area contributed by atoms with Gasteiger partial charge in [0.2, 0.25) is 15.9 Å². The number of halogens is 1. The van der Waals surface area contributed by atoms with Crippen LogP contribution in [0, 0.1) is 0 Å². The molecule has 3 aromatic carbocycles. The van der Waals surface area contributed by atoms with Crippen LogP contribution in [-0.2, 0) is 21.4 Å². The fourth-order valence-corrected chi connectivity index (χ4v) is 4.81. The van der Waals surface area contributed by atoms with Gasteiger partial charge in [-0.05, 0) is 41.0 Å². The number of hydrogen-bond donors (Lipinski definition) is 1. The molecule has 1 N–H and O–H groups in total. The highest BCUT2D eigenvalue weighted by Gasteiger charge is 2.31. The van der Waals surface area contributed by atoms with Crippen LogP contribution in [0.5, 0.6) is 0 Å². The Morgan fingerprint density at radius 3 is 2.45 bits per heavy atom. The molecule has 1 unspecified atom stereocenters. The summed E-state index contributed by atoms with van der Waals surface area (Å²) in [4.78, 5) is 13.0. The summed E-state index contributed by atoms with van der Waals surface area (Å²) in [5.74, 6) is -0.356. The Bertz CT molecular complexity index is 1130. The average Bonchev–Trinajstić information content (AvgIpc) is 2.69. The van der Waals surface area contributed by atoms with Crippen LogP contribution in [0.25, 0.3) is 10.8 Å². The van der Waals surface area contributed by atoms with Gasteiger partial charge in [0.1, 0.15) is 6.04 Å². The van der Waals surface area contributed by atoms with Gasteiger partial charge in [0.25, 0.3) is 0 Å². The van der Waals surface area contributed by atoms with E-state index in [0.29, 0.717) is 23.7 Å². The van der Waals surface area contributed by atoms with Crippen molar-refractivity contribution >= 4 is 44.0 Å². The molecule has 0 aromatic heterocycles. The molecule has 0 aliphatic rings. The largest absolute Gasteiger partial charge is 0.350 e. The molecule has 0 radical (unpaired) electrons. The molecule has 1 atom stereocenters. The van der Waals surface area contributed by atoms with E-state index in [1.54, 1.807) is 31.2 Å². The van der Waals surface area contributed by atoms with Crippen molar-refractivity contribution in [1.82, 2.24) is 5.32 Å². The first-order chi connectivity index (χ1) is 13.8. The van der Waals surface area contributed by atoms with Gasteiger partial charge in [-0.2, -0.15) is 0 Å². The minimum Gasteiger partial charge on any atom is -0.350 e. The third-order valence-electron chi connectivity index (χ3n) is 4.73. The van der Waals surface area contributed by atoms with Crippen molar-refractivity contribution in [1.29, 1.82) is 0 Å². The third kappa shape index (κ3) is 4.89. The Balaban J connectivity index is 1.86. The van der Waals surface area contributed by atoms with Crippen LogP contribution in [-0.4, -0.2) is 26.6 Å². The van der Waals surface area contributed by atoms with Crippen molar-refractivity contribution in [3.8, 4) is 0 Å². The van der Waals surface area contributed by atoms with Crippen LogP contribution < -0.4 is 9.62 Å². The molecule has 0 spiro atoms. The molecule has 5 nitrogen and oxygen atoms in total. The first kappa shape index (κ1) is 21.1. The summed E-state index contributed by atoms with van der Waals surface area (Å²) >= 11 is 6.04. The van der Waals surface area contributed by atoms with E-state index in [4.69, 9.17) is 11.6 Å². The van der Waals surface area contributed by atoms with Gasteiger partial charge in [-0.1, -0.05) is 67.1 Å². The second-order valence-corrected chi connectivity index (χ2v) is 9.11. The van der Waals surface area contributed by atoms with Gasteiger partial charge in [0.05, 0.1) is 11.9 Å². The molecule has 0 aliphatic carbocycles. The Labute approximate surface area is 176 Å². The number of carbonyl (C=O) groups is 1. The fraction of sp³-hybridized carbons (Fsp3) is 0.227. The van der Waals surface area contributed by atoms with Crippen molar-refractivity contribution < 1.29 is 13.2 Å². The molecule has 0 bridgehead atoms. The number of nitrogens with one attached hydrogen (secondary N) is 1. The standard InChI is InChI=1S/C22H23ClN2O3S/c1-3-21(25(29(2,27)28)19-12-7-11-18(23)14-19)22(26)24-15-17-10-6-9-16-8-4-5-13-20(16)17/h4-14,21H,3,15H2,1-2H3,(H,24,26). The lowest BCUT2D eigenvalue weighted by Crippen LogP contribution is -2.49. The summed E-state index contributed by atoms with van der Waals surface area (Å²) in [6.07, 6.45) is 1.41. The summed E-state index contributed by atoms with van der Waals surface area (Å²) in [5, 5.41) is 5.45. The van der Waals surface area contributed by atoms with Gasteiger partial charge in [-0.3, -0.25) is 9.10 Å². The van der Waals surface area contributed by atoms with E-state index < -0.39 is 16.1 Å². The van der Waals surface area contributed by atoms with Crippen LogP contribution in [0.3, 0.4) is 0 Å². The SMILES string of the molecule is CCC(C(=O)NCc1cccc2ccccc12)N(c1cccc(Cl)c1)S(C)(=O)=O. The lowest BCUT2D eigenvalue weighted by atomic mass is 10.0. The van der Waals surface area contributed by atoms with Gasteiger partial charge in [-0.15, -0.1) is 0 Å². The minimum atomic E-state index is -3.69. The van der Waals surface area contributed by atoms with E-state index in [-0.39, 0.29) is 5.91 Å². The smallest absolute Gasteiger partial charge is 0.244 e. The Morgan fingerprint density at radius 2 is 1.76 bits per heavy atom. The van der Waals surface area contributed by atoms with Gasteiger partial charge in [0.15, 0.2) is 0 Å². The molecule has 3 rings (SSSR count). The molecule has 3 aromatic rings. The van der Waals surface area contributed by atoms with Gasteiger partial charge in [0, 0.05) is 11.6 Å². The zero-order valence-corrected chi connectivity index (χ0v) is 17.9. The molecule has 29 heavy (non-hydrogen) atoms. The number of hydrogen-bond acceptors (Lipinski definition) is 3. The highest BCUT2D eigenvalue weighted by Crippen LogP contribution is 2.25. The predicted molar refractivity (Wildman–Crippen MR) is 119 cm³/mol. The van der Waals surface area contributed by atoms with Crippen molar-refractivity contribution in [3.63, 3.8) is 0 Å². The lowest BCUT2D eigenvalue weighted by molar-refractivity contribution is -0.122. The Morgan fingerprint density at radius 1 is 1.07 bits per heavy atom. The first-order valence-corrected chi connectivity index (χ1v) is 11.5. The normalized spacial score (nSPS) is 12.5. The van der Waals surface area contributed by atoms with Crippen LogP contribution in [0.15, 0.2) is 66.7 Å². The summed E-state index contributed by atoms with van der Waals surface area (Å²) in [6.45, 7) is 2.09. The number of sulfonamides is 1. The summed E-state index contributed by atoms with van der Waals surface area (Å²) in [6, 6.07) is 19.5. The second kappa shape index (κ2) is 8.84. The van der Waals surface area contributed by atoms with Crippen molar-refractivity contribution in [3.05, 3.63) is 77.3 Å². The maximum atomic E-state index is 13.0. The molecule has 0 saturated heterocycles. The van der Waals surface area contributed by atoms with Crippen LogP contribution >= 0.6 is 11.6 Å². The highest BCUT2D eigenvalue weighted by atomic mass is 35.5. The highest BCUT2D eigenvalue weighted by molar-refractivity contribution is 7.92. The van der Waals surface area contributed by atoms with Crippen LogP contribution in [0.1, 0.15) is 18.9 Å². The molecule has 7 heteroatoms. The fourth-order valence-electron chi connectivity index (χ4n) is 3.42. The van der Waals surface area contributed by atoms with Gasteiger partial charge in [-0.25, -0.2) is 8.42 Å². The number of carbonyl (C=O) groups excluding carboxylic acids is 1. The maximum Gasteiger partial charge on any atom is 0.244 e. The van der Waals surface area contributed by atoms with E-state index in [0.717, 1.165) is 26.9 Å². The molecule has 0 fully saturated rings. The van der Waals surface area contributed by atoms with Crippen molar-refractivity contribution in [2.45, 2.75) is 25.9 Å². The van der Waals surface area contributed by atoms with E-state index in [2.05, 4.69) is 5.32 Å². The van der Waals surface area contributed by atoms with Crippen molar-refractivity contribution in [2.75, 3.05) is 10.6 Å². The minimum absolute atomic E-state index is 0.309. The second-order valence-electron chi connectivity index (χ2n) is 6.82. The van der Waals surface area contributed by atoms with E-state index >= 15 is 0 Å². The molecular weight excluding hydrogens is 408 g/mol. The number of nitrogens with zero attached hydrogens (tertiary/aromatic N) is 1. The molecule has 1 amide bonds. The Kier molecular flexibility index (Phi) is 6.45. The quantitative estimate of drug-likeness (QED) is 0.605. The number of anilines is 1. The molecular formula is C22H23ClN2O3S. The summed E-state index contributed by atoms with van der Waals surface area (Å²) < 4.78 is 26.1. The zero-order chi connectivity index (χ0) is 21.0. The number of amides is 1. The predicted octanol–water partition coefficient (Wildman–Crippen LogP) is 4.35. The Hall–Kier alpha value is -2.57. The molecule has 152 valence electrons. The van der Waals surface area contributed by atoms with Crippen LogP contribution in [0.4, 0.5) is 5.69 Å². The zero-order valence-electron chi connectivity index (χ0n) is 16.3. The van der Waals surface area contributed by atoms with Gasteiger partial charge < -0.3 is 5.32 Å². The average molecular weight is 431 g/mol. The van der Waals surface area contributed by atoms with E-state index in [1.807, 2.05) is 42.5 Å². The van der Waals surface area contributed by atoms with Crippen LogP contribution in [0.2, 0.25) is 5.02 Å². The molecule has 0 heterocycles. The summed E-state index contributed by atoms with van der Waals surface area (Å²) in [7, 11) is -3.69. The first-order valence-electron chi connectivity index (χ1n) is 9.30. The topological polar surface area (TPSA) is 66.5 Å². The number of benzene rings is 3. The maximum absolute atomic E-state index is 13.0. The third-order valence-corrected chi connectivity index (χ3v) is 6.14. The van der Waals surface area contributed by atoms with Crippen molar-refractivity contribution in [2.24, 2.45) is 0 Å². The monoisotopic (exact) mass is 430 g/mol. The number of fused-ring (bicyclic) bond motifs is 1. The molecule has 0 saturated carbocycles.